The fraction of sp³-hybridized carbons (Fsp3) is 0.435. The van der Waals surface area contributed by atoms with Crippen LogP contribution in [0.25, 0.3) is 0 Å². The number of benzene rings is 1. The van der Waals surface area contributed by atoms with Gasteiger partial charge in [0, 0.05) is 32.1 Å². The maximum absolute atomic E-state index is 12.8. The largest absolute Gasteiger partial charge is 0.492 e. The SMILES string of the molecule is NC1=NS(=O)(=O)Nc2cccc(OC[C@H]3CCCN(c4cccc(C(=O)N5CCCC5)n4)C3)c21. The number of anilines is 2. The number of likely N-dealkylation sites (tertiary alicyclic amines) is 1. The van der Waals surface area contributed by atoms with Crippen molar-refractivity contribution in [3.05, 3.63) is 47.7 Å². The van der Waals surface area contributed by atoms with Crippen molar-refractivity contribution in [1.82, 2.24) is 9.88 Å². The number of rotatable bonds is 5. The summed E-state index contributed by atoms with van der Waals surface area (Å²) in [6.07, 6.45) is 4.07. The number of aromatic nitrogens is 1. The van der Waals surface area contributed by atoms with Crippen LogP contribution in [0.3, 0.4) is 0 Å². The maximum atomic E-state index is 12.8. The topological polar surface area (TPSA) is 130 Å². The Kier molecular flexibility index (Phi) is 6.03. The van der Waals surface area contributed by atoms with Crippen LogP contribution in [-0.4, -0.2) is 62.8 Å². The van der Waals surface area contributed by atoms with Gasteiger partial charge in [0.1, 0.15) is 17.3 Å². The van der Waals surface area contributed by atoms with Gasteiger partial charge in [0.2, 0.25) is 0 Å². The molecular weight excluding hydrogens is 456 g/mol. The molecule has 0 aliphatic carbocycles. The van der Waals surface area contributed by atoms with Gasteiger partial charge in [-0.05, 0) is 49.9 Å². The fourth-order valence-corrected chi connectivity index (χ4v) is 5.60. The molecule has 3 aliphatic rings. The molecule has 0 bridgehead atoms. The van der Waals surface area contributed by atoms with E-state index in [4.69, 9.17) is 10.5 Å². The van der Waals surface area contributed by atoms with Crippen LogP contribution in [0, 0.1) is 5.92 Å². The molecule has 11 heteroatoms. The zero-order valence-electron chi connectivity index (χ0n) is 18.8. The molecule has 3 N–H and O–H groups in total. The summed E-state index contributed by atoms with van der Waals surface area (Å²) in [5.41, 5.74) is 7.23. The number of amides is 1. The number of amidine groups is 1. The lowest BCUT2D eigenvalue weighted by Crippen LogP contribution is -2.38. The van der Waals surface area contributed by atoms with Gasteiger partial charge in [-0.1, -0.05) is 12.1 Å². The first kappa shape index (κ1) is 22.5. The molecule has 5 rings (SSSR count). The van der Waals surface area contributed by atoms with Crippen molar-refractivity contribution in [2.45, 2.75) is 25.7 Å². The summed E-state index contributed by atoms with van der Waals surface area (Å²) in [4.78, 5) is 21.5. The van der Waals surface area contributed by atoms with E-state index in [9.17, 15) is 13.2 Å². The van der Waals surface area contributed by atoms with E-state index < -0.39 is 10.2 Å². The number of carbonyl (C=O) groups is 1. The molecule has 1 atom stereocenters. The molecule has 10 nitrogen and oxygen atoms in total. The van der Waals surface area contributed by atoms with Crippen molar-refractivity contribution < 1.29 is 17.9 Å². The van der Waals surface area contributed by atoms with Crippen LogP contribution in [0.15, 0.2) is 40.8 Å². The van der Waals surface area contributed by atoms with E-state index in [1.165, 1.54) is 0 Å². The molecular formula is C23H28N6O4S. The highest BCUT2D eigenvalue weighted by Gasteiger charge is 2.27. The lowest BCUT2D eigenvalue weighted by atomic mass is 9.99. The van der Waals surface area contributed by atoms with Crippen molar-refractivity contribution >= 4 is 33.5 Å². The Morgan fingerprint density at radius 3 is 2.74 bits per heavy atom. The number of hydrogen-bond acceptors (Lipinski definition) is 7. The highest BCUT2D eigenvalue weighted by molar-refractivity contribution is 7.91. The normalized spacial score (nSPS) is 21.4. The van der Waals surface area contributed by atoms with Gasteiger partial charge in [-0.2, -0.15) is 8.42 Å². The molecule has 2 aromatic rings. The first-order valence-corrected chi connectivity index (χ1v) is 13.0. The average molecular weight is 485 g/mol. The number of nitrogens with zero attached hydrogens (tertiary/aromatic N) is 4. The number of nitrogens with one attached hydrogen (secondary N) is 1. The number of nitrogens with two attached hydrogens (primary N) is 1. The number of carbonyl (C=O) groups excluding carboxylic acids is 1. The van der Waals surface area contributed by atoms with Crippen molar-refractivity contribution in [2.75, 3.05) is 42.4 Å². The van der Waals surface area contributed by atoms with Crippen molar-refractivity contribution in [2.24, 2.45) is 16.0 Å². The Morgan fingerprint density at radius 2 is 1.91 bits per heavy atom. The Labute approximate surface area is 199 Å². The van der Waals surface area contributed by atoms with E-state index in [2.05, 4.69) is 19.0 Å². The molecule has 180 valence electrons. The second kappa shape index (κ2) is 9.13. The molecule has 0 unspecified atom stereocenters. The molecule has 3 aliphatic heterocycles. The Hall–Kier alpha value is -3.34. The van der Waals surface area contributed by atoms with Crippen LogP contribution < -0.4 is 20.1 Å². The molecule has 4 heterocycles. The summed E-state index contributed by atoms with van der Waals surface area (Å²) in [5, 5.41) is 0. The lowest BCUT2D eigenvalue weighted by molar-refractivity contribution is 0.0787. The van der Waals surface area contributed by atoms with E-state index in [0.29, 0.717) is 29.3 Å². The fourth-order valence-electron chi connectivity index (χ4n) is 4.76. The molecule has 0 radical (unpaired) electrons. The Bertz CT molecular complexity index is 1230. The molecule has 2 saturated heterocycles. The smallest absolute Gasteiger partial charge is 0.344 e. The third-order valence-electron chi connectivity index (χ3n) is 6.40. The van der Waals surface area contributed by atoms with Crippen LogP contribution in [0.2, 0.25) is 0 Å². The van der Waals surface area contributed by atoms with Crippen LogP contribution in [0.4, 0.5) is 11.5 Å². The summed E-state index contributed by atoms with van der Waals surface area (Å²) in [5.74, 6) is 1.45. The van der Waals surface area contributed by atoms with E-state index in [1.54, 1.807) is 24.3 Å². The average Bonchev–Trinajstić information content (AvgIpc) is 3.36. The molecule has 1 amide bonds. The lowest BCUT2D eigenvalue weighted by Gasteiger charge is -2.34. The van der Waals surface area contributed by atoms with Crippen LogP contribution in [0.5, 0.6) is 5.75 Å². The Morgan fingerprint density at radius 1 is 1.12 bits per heavy atom. The van der Waals surface area contributed by atoms with Gasteiger partial charge in [0.25, 0.3) is 5.91 Å². The van der Waals surface area contributed by atoms with Crippen LogP contribution in [0.1, 0.15) is 41.7 Å². The zero-order chi connectivity index (χ0) is 23.7. The maximum Gasteiger partial charge on any atom is 0.344 e. The van der Waals surface area contributed by atoms with E-state index in [-0.39, 0.29) is 17.7 Å². The number of piperidine rings is 1. The summed E-state index contributed by atoms with van der Waals surface area (Å²) < 4.78 is 35.6. The van der Waals surface area contributed by atoms with Gasteiger partial charge < -0.3 is 20.3 Å². The molecule has 0 saturated carbocycles. The minimum absolute atomic E-state index is 0.0000270. The second-order valence-electron chi connectivity index (χ2n) is 8.88. The second-order valence-corrected chi connectivity index (χ2v) is 10.2. The molecule has 1 aromatic carbocycles. The van der Waals surface area contributed by atoms with Gasteiger partial charge in [-0.15, -0.1) is 4.40 Å². The predicted octanol–water partition coefficient (Wildman–Crippen LogP) is 1.99. The standard InChI is InChI=1S/C23H28N6O4S/c24-22-21-17(26-34(31,32)27-22)7-3-9-19(21)33-15-16-6-5-13-29(14-16)20-10-4-8-18(25-20)23(30)28-11-1-2-12-28/h3-4,7-10,16,26H,1-2,5-6,11-15H2,(H2,24,27)/t16-/m0/s1. The zero-order valence-corrected chi connectivity index (χ0v) is 19.6. The predicted molar refractivity (Wildman–Crippen MR) is 130 cm³/mol. The van der Waals surface area contributed by atoms with Crippen molar-refractivity contribution in [1.29, 1.82) is 0 Å². The summed E-state index contributed by atoms with van der Waals surface area (Å²) in [7, 11) is -3.83. The van der Waals surface area contributed by atoms with Gasteiger partial charge >= 0.3 is 10.2 Å². The highest BCUT2D eigenvalue weighted by atomic mass is 32.2. The molecule has 34 heavy (non-hydrogen) atoms. The van der Waals surface area contributed by atoms with Crippen LogP contribution in [-0.2, 0) is 10.2 Å². The summed E-state index contributed by atoms with van der Waals surface area (Å²) in [6, 6.07) is 10.7. The minimum Gasteiger partial charge on any atom is -0.492 e. The van der Waals surface area contributed by atoms with Gasteiger partial charge in [-0.25, -0.2) is 4.98 Å². The number of ether oxygens (including phenoxy) is 1. The number of hydrogen-bond donors (Lipinski definition) is 2. The molecule has 2 fully saturated rings. The molecule has 1 aromatic heterocycles. The minimum atomic E-state index is -3.83. The van der Waals surface area contributed by atoms with E-state index >= 15 is 0 Å². The quantitative estimate of drug-likeness (QED) is 0.664. The van der Waals surface area contributed by atoms with Gasteiger partial charge in [-0.3, -0.25) is 9.52 Å². The van der Waals surface area contributed by atoms with E-state index in [1.807, 2.05) is 17.0 Å². The number of pyridine rings is 1. The van der Waals surface area contributed by atoms with Crippen LogP contribution >= 0.6 is 0 Å². The summed E-state index contributed by atoms with van der Waals surface area (Å²) >= 11 is 0. The highest BCUT2D eigenvalue weighted by Crippen LogP contribution is 2.31. The Balaban J connectivity index is 1.26. The monoisotopic (exact) mass is 484 g/mol. The van der Waals surface area contributed by atoms with Crippen molar-refractivity contribution in [3.63, 3.8) is 0 Å². The van der Waals surface area contributed by atoms with Crippen molar-refractivity contribution in [3.8, 4) is 5.75 Å². The third-order valence-corrected chi connectivity index (χ3v) is 7.32. The molecule has 0 spiro atoms. The van der Waals surface area contributed by atoms with Gasteiger partial charge in [0.15, 0.2) is 5.84 Å². The van der Waals surface area contributed by atoms with E-state index in [0.717, 1.165) is 57.7 Å². The number of fused-ring (bicyclic) bond motifs is 1. The third kappa shape index (κ3) is 4.65. The first-order chi connectivity index (χ1) is 16.4. The first-order valence-electron chi connectivity index (χ1n) is 11.6. The van der Waals surface area contributed by atoms with Gasteiger partial charge in [0.05, 0.1) is 17.9 Å². The summed E-state index contributed by atoms with van der Waals surface area (Å²) in [6.45, 7) is 3.66.